The Balaban J connectivity index is 1.14. The number of carboxylic acids is 1. The normalized spacial score (nSPS) is 55.5. The fraction of sp³-hybridized carbons (Fsp3) is 0.927. The molecule has 6 fully saturated rings. The van der Waals surface area contributed by atoms with Crippen molar-refractivity contribution in [2.75, 3.05) is 19.8 Å². The third-order valence-corrected chi connectivity index (χ3v) is 17.0. The monoisotopic (exact) mass is 798 g/mol. The topological polar surface area (TPSA) is 256 Å². The number of aliphatic carboxylic acids is 1. The van der Waals surface area contributed by atoms with Crippen LogP contribution in [0.2, 0.25) is 0 Å². The summed E-state index contributed by atoms with van der Waals surface area (Å²) in [4.78, 5) is 13.1. The van der Waals surface area contributed by atoms with E-state index in [1.54, 1.807) is 0 Å². The number of aliphatic hydroxyl groups is 9. The maximum absolute atomic E-state index is 13.1. The SMILES string of the molecule is CC1(C)CC[C@]2(C(=O)O)[C@H](O)C[C@]3(C)C(=CC[C@@H]4[C@@]5(C)C[C@H](O)[C@H](O[C@@H]6O[C@H](CO[C@@H]7OC[C@H](O)[C@H](O)[C@H]7O)[C@@H](O)[C@H](O)[C@H]6O)[C@@](C)(CO)[C@@H]5CC[C@]43C)[C@@H]2C1. The number of hydrogen-bond acceptors (Lipinski definition) is 14. The Labute approximate surface area is 328 Å². The van der Waals surface area contributed by atoms with Crippen molar-refractivity contribution in [1.29, 1.82) is 0 Å². The van der Waals surface area contributed by atoms with Crippen LogP contribution in [0, 0.1) is 50.2 Å². The third kappa shape index (κ3) is 6.12. The molecular weight excluding hydrogens is 732 g/mol. The number of rotatable bonds is 7. The van der Waals surface area contributed by atoms with Crippen LogP contribution in [-0.4, -0.2) is 150 Å². The molecule has 56 heavy (non-hydrogen) atoms. The van der Waals surface area contributed by atoms with E-state index in [-0.39, 0.29) is 48.2 Å². The predicted octanol–water partition coefficient (Wildman–Crippen LogP) is 0.435. The Morgan fingerprint density at radius 2 is 1.48 bits per heavy atom. The van der Waals surface area contributed by atoms with Crippen molar-refractivity contribution in [3.63, 3.8) is 0 Å². The standard InChI is InChI=1S/C41H66O15/c1-36(2)11-12-41(35(51)52)20(13-36)19-7-8-25-37(3)14-21(43)32(38(4,18-42)24(37)9-10-39(25,5)40(19,6)15-26(41)45)56-34-31(50)29(48)28(47)23(55-34)17-54-33-30(49)27(46)22(44)16-53-33/h7,20-34,42-50H,8-18H2,1-6H3,(H,51,52)/t20-,21-,22-,23+,24+,25+,26+,27-,28+,29-,30+,31+,32-,33-,34-,37-,38-,39+,40+,41+/m0/s1. The number of fused-ring (bicyclic) bond motifs is 7. The van der Waals surface area contributed by atoms with E-state index in [4.69, 9.17) is 18.9 Å². The van der Waals surface area contributed by atoms with Crippen LogP contribution in [0.3, 0.4) is 0 Å². The second kappa shape index (κ2) is 14.4. The molecule has 15 nitrogen and oxygen atoms in total. The summed E-state index contributed by atoms with van der Waals surface area (Å²) in [5.41, 5.74) is -2.66. The first kappa shape index (κ1) is 42.8. The molecule has 2 heterocycles. The van der Waals surface area contributed by atoms with Crippen molar-refractivity contribution in [1.82, 2.24) is 0 Å². The zero-order chi connectivity index (χ0) is 41.1. The molecule has 0 bridgehead atoms. The first-order chi connectivity index (χ1) is 26.0. The lowest BCUT2D eigenvalue weighted by Gasteiger charge is -2.72. The number of carbonyl (C=O) groups is 1. The Morgan fingerprint density at radius 3 is 2.14 bits per heavy atom. The highest BCUT2D eigenvalue weighted by Gasteiger charge is 2.72. The van der Waals surface area contributed by atoms with Gasteiger partial charge in [-0.3, -0.25) is 4.79 Å². The minimum absolute atomic E-state index is 0.00267. The number of allylic oxidation sites excluding steroid dienone is 2. The molecule has 15 heteroatoms. The zero-order valence-corrected chi connectivity index (χ0v) is 33.5. The van der Waals surface area contributed by atoms with Crippen LogP contribution in [0.15, 0.2) is 11.6 Å². The lowest BCUT2D eigenvalue weighted by atomic mass is 9.33. The number of aliphatic hydroxyl groups excluding tert-OH is 9. The van der Waals surface area contributed by atoms with Gasteiger partial charge >= 0.3 is 5.97 Å². The summed E-state index contributed by atoms with van der Waals surface area (Å²) >= 11 is 0. The molecule has 4 saturated carbocycles. The summed E-state index contributed by atoms with van der Waals surface area (Å²) in [6.07, 6.45) is -10.4. The second-order valence-electron chi connectivity index (χ2n) is 20.4. The molecule has 0 spiro atoms. The van der Waals surface area contributed by atoms with Gasteiger partial charge in [-0.1, -0.05) is 53.2 Å². The van der Waals surface area contributed by atoms with Crippen LogP contribution >= 0.6 is 0 Å². The maximum atomic E-state index is 13.1. The highest BCUT2D eigenvalue weighted by molar-refractivity contribution is 5.77. The van der Waals surface area contributed by atoms with Gasteiger partial charge in [0, 0.05) is 5.41 Å². The minimum atomic E-state index is -1.75. The van der Waals surface area contributed by atoms with Gasteiger partial charge < -0.3 is 70.0 Å². The smallest absolute Gasteiger partial charge is 0.312 e. The molecule has 0 radical (unpaired) electrons. The molecule has 20 atom stereocenters. The van der Waals surface area contributed by atoms with E-state index in [0.29, 0.717) is 32.1 Å². The predicted molar refractivity (Wildman–Crippen MR) is 196 cm³/mol. The van der Waals surface area contributed by atoms with Gasteiger partial charge in [0.25, 0.3) is 0 Å². The largest absolute Gasteiger partial charge is 0.481 e. The fourth-order valence-corrected chi connectivity index (χ4v) is 13.5. The third-order valence-electron chi connectivity index (χ3n) is 17.0. The van der Waals surface area contributed by atoms with E-state index in [1.165, 1.54) is 0 Å². The van der Waals surface area contributed by atoms with Crippen molar-refractivity contribution in [3.05, 3.63) is 11.6 Å². The maximum Gasteiger partial charge on any atom is 0.312 e. The molecule has 7 rings (SSSR count). The highest BCUT2D eigenvalue weighted by Crippen LogP contribution is 2.76. The van der Waals surface area contributed by atoms with E-state index in [9.17, 15) is 55.9 Å². The van der Waals surface area contributed by atoms with E-state index in [2.05, 4.69) is 40.7 Å². The highest BCUT2D eigenvalue weighted by atomic mass is 16.7. The van der Waals surface area contributed by atoms with E-state index >= 15 is 0 Å². The van der Waals surface area contributed by atoms with Crippen molar-refractivity contribution >= 4 is 5.97 Å². The average molecular weight is 799 g/mol. The zero-order valence-electron chi connectivity index (χ0n) is 33.5. The summed E-state index contributed by atoms with van der Waals surface area (Å²) in [6, 6.07) is 0. The first-order valence-corrected chi connectivity index (χ1v) is 20.6. The molecule has 7 aliphatic rings. The molecule has 0 aromatic carbocycles. The molecule has 0 aromatic rings. The minimum Gasteiger partial charge on any atom is -0.481 e. The van der Waals surface area contributed by atoms with Gasteiger partial charge in [-0.05, 0) is 90.8 Å². The molecule has 320 valence electrons. The molecule has 2 aliphatic heterocycles. The lowest BCUT2D eigenvalue weighted by molar-refractivity contribution is -0.352. The summed E-state index contributed by atoms with van der Waals surface area (Å²) in [6.45, 7) is 11.7. The summed E-state index contributed by atoms with van der Waals surface area (Å²) in [7, 11) is 0. The Kier molecular flexibility index (Phi) is 11.0. The summed E-state index contributed by atoms with van der Waals surface area (Å²) in [5, 5.41) is 109. The molecule has 5 aliphatic carbocycles. The number of hydrogen-bond donors (Lipinski definition) is 10. The van der Waals surface area contributed by atoms with Crippen molar-refractivity contribution in [2.24, 2.45) is 50.2 Å². The van der Waals surface area contributed by atoms with Crippen LogP contribution in [0.4, 0.5) is 0 Å². The van der Waals surface area contributed by atoms with Crippen LogP contribution in [0.25, 0.3) is 0 Å². The molecular formula is C41H66O15. The fourth-order valence-electron chi connectivity index (χ4n) is 13.5. The van der Waals surface area contributed by atoms with Gasteiger partial charge in [-0.15, -0.1) is 0 Å². The van der Waals surface area contributed by atoms with Crippen LogP contribution in [-0.2, 0) is 23.7 Å². The molecule has 0 amide bonds. The second-order valence-corrected chi connectivity index (χ2v) is 20.4. The number of ether oxygens (including phenoxy) is 4. The molecule has 0 unspecified atom stereocenters. The van der Waals surface area contributed by atoms with Crippen LogP contribution in [0.5, 0.6) is 0 Å². The van der Waals surface area contributed by atoms with Crippen LogP contribution < -0.4 is 0 Å². The first-order valence-electron chi connectivity index (χ1n) is 20.6. The van der Waals surface area contributed by atoms with Gasteiger partial charge in [0.05, 0.1) is 38.1 Å². The van der Waals surface area contributed by atoms with Crippen molar-refractivity contribution in [2.45, 2.75) is 167 Å². The molecule has 0 aromatic heterocycles. The van der Waals surface area contributed by atoms with Crippen LogP contribution in [0.1, 0.15) is 92.9 Å². The average Bonchev–Trinajstić information content (AvgIpc) is 3.12. The Bertz CT molecular complexity index is 1520. The van der Waals surface area contributed by atoms with Gasteiger partial charge in [-0.2, -0.15) is 0 Å². The quantitative estimate of drug-likeness (QED) is 0.124. The van der Waals surface area contributed by atoms with Crippen molar-refractivity contribution < 1.29 is 74.8 Å². The van der Waals surface area contributed by atoms with E-state index in [1.807, 2.05) is 6.92 Å². The van der Waals surface area contributed by atoms with Gasteiger partial charge in [0.15, 0.2) is 12.6 Å². The summed E-state index contributed by atoms with van der Waals surface area (Å²) < 4.78 is 23.2. The number of carboxylic acid groups (broad SMARTS) is 1. The van der Waals surface area contributed by atoms with Gasteiger partial charge in [0.2, 0.25) is 0 Å². The lowest BCUT2D eigenvalue weighted by Crippen LogP contribution is -2.70. The Hall–Kier alpha value is -1.31. The van der Waals surface area contributed by atoms with Gasteiger partial charge in [-0.25, -0.2) is 0 Å². The van der Waals surface area contributed by atoms with Gasteiger partial charge in [0.1, 0.15) is 48.1 Å². The van der Waals surface area contributed by atoms with E-state index in [0.717, 1.165) is 18.4 Å². The van der Waals surface area contributed by atoms with Crippen molar-refractivity contribution in [3.8, 4) is 0 Å². The Morgan fingerprint density at radius 1 is 0.804 bits per heavy atom. The van der Waals surface area contributed by atoms with E-state index < -0.39 is 108 Å². The summed E-state index contributed by atoms with van der Waals surface area (Å²) in [5.74, 6) is -1.42. The molecule has 2 saturated heterocycles. The molecule has 10 N–H and O–H groups in total.